The Bertz CT molecular complexity index is 1160. The lowest BCUT2D eigenvalue weighted by Crippen LogP contribution is -2.38. The highest BCUT2D eigenvalue weighted by atomic mass is 79.9. The van der Waals surface area contributed by atoms with E-state index in [0.717, 1.165) is 20.4 Å². The SMILES string of the molecule is COc1ccc(CCNC(=O)Cn2cnc3c2c(=O)n(C)c(=O)n3C)cc1Br. The number of aryl methyl sites for hydroxylation is 1. The van der Waals surface area contributed by atoms with Crippen LogP contribution >= 0.6 is 15.9 Å². The second-order valence-electron chi connectivity index (χ2n) is 6.32. The monoisotopic (exact) mass is 449 g/mol. The van der Waals surface area contributed by atoms with Crippen molar-refractivity contribution in [3.63, 3.8) is 0 Å². The van der Waals surface area contributed by atoms with Gasteiger partial charge in [0.2, 0.25) is 5.91 Å². The van der Waals surface area contributed by atoms with Crippen molar-refractivity contribution in [2.45, 2.75) is 13.0 Å². The van der Waals surface area contributed by atoms with Gasteiger partial charge in [-0.05, 0) is 40.0 Å². The summed E-state index contributed by atoms with van der Waals surface area (Å²) >= 11 is 3.44. The molecule has 1 aromatic carbocycles. The molecule has 3 rings (SSSR count). The molecule has 0 saturated carbocycles. The molecule has 0 radical (unpaired) electrons. The fourth-order valence-corrected chi connectivity index (χ4v) is 3.53. The summed E-state index contributed by atoms with van der Waals surface area (Å²) in [5.74, 6) is 0.499. The van der Waals surface area contributed by atoms with Crippen LogP contribution in [0.1, 0.15) is 5.56 Å². The number of nitrogens with one attached hydrogen (secondary N) is 1. The quantitative estimate of drug-likeness (QED) is 0.592. The van der Waals surface area contributed by atoms with Crippen molar-refractivity contribution >= 4 is 33.0 Å². The van der Waals surface area contributed by atoms with Gasteiger partial charge in [-0.2, -0.15) is 0 Å². The van der Waals surface area contributed by atoms with E-state index in [9.17, 15) is 14.4 Å². The average molecular weight is 450 g/mol. The van der Waals surface area contributed by atoms with Gasteiger partial charge in [-0.25, -0.2) is 9.78 Å². The first-order chi connectivity index (χ1) is 13.3. The van der Waals surface area contributed by atoms with E-state index in [1.54, 1.807) is 7.11 Å². The predicted molar refractivity (Wildman–Crippen MR) is 108 cm³/mol. The number of fused-ring (bicyclic) bond motifs is 1. The van der Waals surface area contributed by atoms with Crippen molar-refractivity contribution in [3.8, 4) is 5.75 Å². The number of carbonyl (C=O) groups is 1. The van der Waals surface area contributed by atoms with E-state index in [-0.39, 0.29) is 23.6 Å². The fourth-order valence-electron chi connectivity index (χ4n) is 2.94. The van der Waals surface area contributed by atoms with Gasteiger partial charge in [-0.15, -0.1) is 0 Å². The lowest BCUT2D eigenvalue weighted by Gasteiger charge is -2.09. The van der Waals surface area contributed by atoms with Crippen molar-refractivity contribution in [2.24, 2.45) is 14.1 Å². The Labute approximate surface area is 168 Å². The minimum absolute atomic E-state index is 0.0593. The number of hydrogen-bond acceptors (Lipinski definition) is 5. The molecule has 148 valence electrons. The Balaban J connectivity index is 1.68. The van der Waals surface area contributed by atoms with Crippen LogP contribution in [-0.2, 0) is 31.9 Å². The van der Waals surface area contributed by atoms with E-state index in [0.29, 0.717) is 13.0 Å². The molecule has 0 fully saturated rings. The van der Waals surface area contributed by atoms with E-state index in [1.807, 2.05) is 18.2 Å². The molecular weight excluding hydrogens is 430 g/mol. The lowest BCUT2D eigenvalue weighted by atomic mass is 10.1. The minimum atomic E-state index is -0.480. The summed E-state index contributed by atoms with van der Waals surface area (Å²) < 4.78 is 9.79. The van der Waals surface area contributed by atoms with Gasteiger partial charge in [0.1, 0.15) is 12.3 Å². The van der Waals surface area contributed by atoms with Crippen molar-refractivity contribution in [2.75, 3.05) is 13.7 Å². The molecule has 0 unspecified atom stereocenters. The maximum atomic E-state index is 12.4. The molecule has 0 aliphatic rings. The molecule has 0 aliphatic heterocycles. The number of rotatable bonds is 6. The van der Waals surface area contributed by atoms with Crippen LogP contribution in [-0.4, -0.2) is 38.2 Å². The maximum absolute atomic E-state index is 12.4. The van der Waals surface area contributed by atoms with Gasteiger partial charge in [-0.1, -0.05) is 6.07 Å². The molecule has 1 N–H and O–H groups in total. The fraction of sp³-hybridized carbons (Fsp3) is 0.333. The van der Waals surface area contributed by atoms with Crippen LogP contribution in [0.15, 0.2) is 38.6 Å². The molecular formula is C18H20BrN5O4. The molecule has 28 heavy (non-hydrogen) atoms. The van der Waals surface area contributed by atoms with Gasteiger partial charge >= 0.3 is 5.69 Å². The highest BCUT2D eigenvalue weighted by Crippen LogP contribution is 2.25. The minimum Gasteiger partial charge on any atom is -0.496 e. The van der Waals surface area contributed by atoms with Crippen LogP contribution in [0, 0.1) is 0 Å². The van der Waals surface area contributed by atoms with Crippen molar-refractivity contribution in [1.29, 1.82) is 0 Å². The van der Waals surface area contributed by atoms with Crippen LogP contribution in [0.3, 0.4) is 0 Å². The van der Waals surface area contributed by atoms with Crippen LogP contribution in [0.5, 0.6) is 5.75 Å². The number of hydrogen-bond donors (Lipinski definition) is 1. The first-order valence-electron chi connectivity index (χ1n) is 8.53. The molecule has 0 bridgehead atoms. The van der Waals surface area contributed by atoms with Gasteiger partial charge in [0.05, 0.1) is 17.9 Å². The van der Waals surface area contributed by atoms with Crippen molar-refractivity contribution in [3.05, 3.63) is 55.4 Å². The molecule has 1 amide bonds. The van der Waals surface area contributed by atoms with E-state index in [2.05, 4.69) is 26.2 Å². The highest BCUT2D eigenvalue weighted by Gasteiger charge is 2.15. The third-order valence-corrected chi connectivity index (χ3v) is 5.10. The zero-order valence-corrected chi connectivity index (χ0v) is 17.3. The second kappa shape index (κ2) is 8.01. The van der Waals surface area contributed by atoms with E-state index in [1.165, 1.54) is 29.6 Å². The molecule has 0 spiro atoms. The van der Waals surface area contributed by atoms with Crippen LogP contribution in [0.2, 0.25) is 0 Å². The Morgan fingerprint density at radius 3 is 2.68 bits per heavy atom. The third kappa shape index (κ3) is 3.72. The summed E-state index contributed by atoms with van der Waals surface area (Å²) in [5, 5.41) is 2.83. The average Bonchev–Trinajstić information content (AvgIpc) is 3.08. The first kappa shape index (κ1) is 19.9. The van der Waals surface area contributed by atoms with Gasteiger partial charge in [0.25, 0.3) is 5.56 Å². The van der Waals surface area contributed by atoms with Gasteiger partial charge < -0.3 is 14.6 Å². The summed E-state index contributed by atoms with van der Waals surface area (Å²) in [4.78, 5) is 40.7. The lowest BCUT2D eigenvalue weighted by molar-refractivity contribution is -0.121. The highest BCUT2D eigenvalue weighted by molar-refractivity contribution is 9.10. The van der Waals surface area contributed by atoms with Crippen molar-refractivity contribution in [1.82, 2.24) is 24.0 Å². The normalized spacial score (nSPS) is 11.0. The molecule has 2 aromatic heterocycles. The number of ether oxygens (including phenoxy) is 1. The Kier molecular flexibility index (Phi) is 5.68. The summed E-state index contributed by atoms with van der Waals surface area (Å²) in [7, 11) is 4.54. The first-order valence-corrected chi connectivity index (χ1v) is 9.32. The van der Waals surface area contributed by atoms with Crippen molar-refractivity contribution < 1.29 is 9.53 Å². The number of carbonyl (C=O) groups excluding carboxylic acids is 1. The van der Waals surface area contributed by atoms with Crippen LogP contribution in [0.25, 0.3) is 11.2 Å². The van der Waals surface area contributed by atoms with E-state index >= 15 is 0 Å². The molecule has 0 aliphatic carbocycles. The third-order valence-electron chi connectivity index (χ3n) is 4.48. The number of methoxy groups -OCH3 is 1. The molecule has 0 atom stereocenters. The Hall–Kier alpha value is -2.88. The summed E-state index contributed by atoms with van der Waals surface area (Å²) in [6.45, 7) is 0.386. The topological polar surface area (TPSA) is 100 Å². The maximum Gasteiger partial charge on any atom is 0.332 e. The second-order valence-corrected chi connectivity index (χ2v) is 7.17. The summed E-state index contributed by atoms with van der Waals surface area (Å²) in [5.41, 5.74) is 0.581. The van der Waals surface area contributed by atoms with Gasteiger partial charge in [-0.3, -0.25) is 18.7 Å². The van der Waals surface area contributed by atoms with Crippen LogP contribution in [0.4, 0.5) is 0 Å². The number of aromatic nitrogens is 4. The summed E-state index contributed by atoms with van der Waals surface area (Å²) in [6, 6.07) is 5.74. The Morgan fingerprint density at radius 1 is 1.25 bits per heavy atom. The molecule has 10 heteroatoms. The number of imidazole rings is 1. The largest absolute Gasteiger partial charge is 0.496 e. The van der Waals surface area contributed by atoms with Crippen LogP contribution < -0.4 is 21.3 Å². The number of benzene rings is 1. The number of halogens is 1. The molecule has 2 heterocycles. The zero-order chi connectivity index (χ0) is 20.4. The zero-order valence-electron chi connectivity index (χ0n) is 15.7. The Morgan fingerprint density at radius 2 is 2.00 bits per heavy atom. The smallest absolute Gasteiger partial charge is 0.332 e. The summed E-state index contributed by atoms with van der Waals surface area (Å²) in [6.07, 6.45) is 2.04. The van der Waals surface area contributed by atoms with E-state index < -0.39 is 11.2 Å². The number of amides is 1. The van der Waals surface area contributed by atoms with Gasteiger partial charge in [0, 0.05) is 20.6 Å². The standard InChI is InChI=1S/C18H20BrN5O4/c1-22-16-15(17(26)23(2)18(22)27)24(10-21-16)9-14(25)20-7-6-11-4-5-13(28-3)12(19)8-11/h4-5,8,10H,6-7,9H2,1-3H3,(H,20,25). The van der Waals surface area contributed by atoms with E-state index in [4.69, 9.17) is 4.74 Å². The van der Waals surface area contributed by atoms with Gasteiger partial charge in [0.15, 0.2) is 11.2 Å². The predicted octanol–water partition coefficient (Wildman–Crippen LogP) is 0.564. The molecule has 0 saturated heterocycles. The molecule has 9 nitrogen and oxygen atoms in total. The number of nitrogens with zero attached hydrogens (tertiary/aromatic N) is 4. The molecule has 3 aromatic rings.